The molecule has 85 heavy (non-hydrogen) atoms. The standard InChI is InChI=1S/C54H90N18O12S/c1-30(2)27-38(70-85(83,84)41-22-11-15-33-34(41)16-10-20-39(33)71(6)7)52(82)72-26-14-21-40(72)49(79)66-36(17-8-9-23-55)48(78)69-45(32(5)73)50(80)64-28-42(74)63-29-43(75)68-44(31(3)4)51(81)67-37(19-13-25-62-54(59)60)47(77)65-35(46(56)76)18-12-24-61-53(57)58/h10-11,15-16,20,22,30-32,35-38,40,44-45,70,73H,8-9,12-14,17-19,21,23-29,55H2,1-7H3,(H2,56,76)(H,63,74)(H,64,80)(H,65,77)(H,66,79)(H,67,81)(H,68,75)(H,69,78)(H4,57,58,61)(H4,59,60,62)/t32-,35+,36+,37+,38+,40+,44+,45+/m1/s1. The smallest absolute Gasteiger partial charge is 0.245 e. The molecule has 3 rings (SSSR count). The molecule has 1 aliphatic rings. The van der Waals surface area contributed by atoms with E-state index < -0.39 is 131 Å². The average Bonchev–Trinajstić information content (AvgIpc) is 3.72. The van der Waals surface area contributed by atoms with Crippen molar-refractivity contribution in [3.63, 3.8) is 0 Å². The molecule has 0 spiro atoms. The van der Waals surface area contributed by atoms with Crippen molar-refractivity contribution in [1.82, 2.24) is 46.8 Å². The van der Waals surface area contributed by atoms with Gasteiger partial charge in [-0.05, 0) is 102 Å². The number of fused-ring (bicyclic) bond motifs is 1. The first-order valence-corrected chi connectivity index (χ1v) is 29.8. The number of hydrogen-bond donors (Lipinski definition) is 15. The van der Waals surface area contributed by atoms with Gasteiger partial charge in [-0.3, -0.25) is 53.1 Å². The second-order valence-corrected chi connectivity index (χ2v) is 23.5. The molecule has 31 heteroatoms. The van der Waals surface area contributed by atoms with E-state index in [1.54, 1.807) is 32.0 Å². The van der Waals surface area contributed by atoms with E-state index in [-0.39, 0.29) is 93.9 Å². The Morgan fingerprint density at radius 1 is 0.659 bits per heavy atom. The first kappa shape index (κ1) is 71.4. The number of nitrogens with one attached hydrogen (secondary N) is 8. The van der Waals surface area contributed by atoms with Gasteiger partial charge in [-0.2, -0.15) is 4.72 Å². The van der Waals surface area contributed by atoms with E-state index >= 15 is 0 Å². The second-order valence-electron chi connectivity index (χ2n) is 21.8. The van der Waals surface area contributed by atoms with Crippen molar-refractivity contribution in [2.45, 2.75) is 152 Å². The molecule has 30 nitrogen and oxygen atoms in total. The maximum absolute atomic E-state index is 14.4. The summed E-state index contributed by atoms with van der Waals surface area (Å²) in [5.74, 6) is -8.44. The molecule has 2 aromatic rings. The van der Waals surface area contributed by atoms with E-state index in [1.165, 1.54) is 17.9 Å². The van der Waals surface area contributed by atoms with Gasteiger partial charge in [-0.15, -0.1) is 0 Å². The Hall–Kier alpha value is -7.90. The highest BCUT2D eigenvalue weighted by Gasteiger charge is 2.41. The molecule has 0 aliphatic carbocycles. The highest BCUT2D eigenvalue weighted by Crippen LogP contribution is 2.31. The fourth-order valence-electron chi connectivity index (χ4n) is 9.38. The summed E-state index contributed by atoms with van der Waals surface area (Å²) in [6, 6.07) is 1.21. The highest BCUT2D eigenvalue weighted by atomic mass is 32.2. The van der Waals surface area contributed by atoms with Gasteiger partial charge in [0.05, 0.1) is 24.1 Å². The van der Waals surface area contributed by atoms with Crippen LogP contribution >= 0.6 is 0 Å². The number of nitrogens with zero attached hydrogens (tertiary/aromatic N) is 4. The number of aliphatic imine (C=N–C) groups is 2. The summed E-state index contributed by atoms with van der Waals surface area (Å²) in [5, 5.41) is 29.2. The number of aliphatic hydroxyl groups excluding tert-OH is 1. The summed E-state index contributed by atoms with van der Waals surface area (Å²) < 4.78 is 31.0. The van der Waals surface area contributed by atoms with Gasteiger partial charge in [0.1, 0.15) is 42.3 Å². The molecular formula is C54H90N18O12S. The monoisotopic (exact) mass is 1210 g/mol. The minimum atomic E-state index is -4.31. The van der Waals surface area contributed by atoms with Gasteiger partial charge < -0.3 is 86.5 Å². The number of nitrogens with two attached hydrogens (primary N) is 6. The van der Waals surface area contributed by atoms with Gasteiger partial charge in [0.25, 0.3) is 0 Å². The number of carbonyl (C=O) groups is 9. The lowest BCUT2D eigenvalue weighted by atomic mass is 10.0. The van der Waals surface area contributed by atoms with Crippen LogP contribution in [0.25, 0.3) is 10.8 Å². The van der Waals surface area contributed by atoms with Crippen LogP contribution in [-0.2, 0) is 53.2 Å². The van der Waals surface area contributed by atoms with Crippen molar-refractivity contribution < 1.29 is 56.7 Å². The minimum absolute atomic E-state index is 0.00793. The lowest BCUT2D eigenvalue weighted by Gasteiger charge is -2.31. The molecule has 0 radical (unpaired) electrons. The number of rotatable bonds is 36. The Morgan fingerprint density at radius 3 is 1.80 bits per heavy atom. The molecule has 2 aromatic carbocycles. The lowest BCUT2D eigenvalue weighted by Crippen LogP contribution is -2.60. The van der Waals surface area contributed by atoms with Crippen LogP contribution in [0.3, 0.4) is 0 Å². The summed E-state index contributed by atoms with van der Waals surface area (Å²) in [6.07, 6.45) is 0.512. The number of anilines is 1. The van der Waals surface area contributed by atoms with Gasteiger partial charge >= 0.3 is 0 Å². The van der Waals surface area contributed by atoms with Gasteiger partial charge in [-0.1, -0.05) is 52.0 Å². The van der Waals surface area contributed by atoms with E-state index in [1.807, 2.05) is 45.0 Å². The van der Waals surface area contributed by atoms with Crippen LogP contribution in [0.4, 0.5) is 5.69 Å². The number of hydrogen-bond acceptors (Lipinski definition) is 16. The maximum Gasteiger partial charge on any atom is 0.245 e. The van der Waals surface area contributed by atoms with Crippen LogP contribution in [0.15, 0.2) is 51.3 Å². The number of unbranched alkanes of at least 4 members (excludes halogenated alkanes) is 1. The zero-order chi connectivity index (χ0) is 63.7. The van der Waals surface area contributed by atoms with Crippen LogP contribution in [-0.4, -0.2) is 185 Å². The number of benzene rings is 2. The average molecular weight is 1220 g/mol. The van der Waals surface area contributed by atoms with E-state index in [0.717, 1.165) is 5.69 Å². The molecule has 21 N–H and O–H groups in total. The van der Waals surface area contributed by atoms with Crippen LogP contribution in [0, 0.1) is 11.8 Å². The van der Waals surface area contributed by atoms with E-state index in [2.05, 4.69) is 51.9 Å². The fraction of sp³-hybridized carbons (Fsp3) is 0.611. The molecule has 9 amide bonds. The Bertz CT molecular complexity index is 2810. The SMILES string of the molecule is CC(C)C[C@H](NS(=O)(=O)c1cccc2c(N(C)C)cccc12)C(=O)N1CCC[C@H]1C(=O)N[C@@H](CCCCN)C(=O)N[C@H](C(=O)NCC(=O)NCC(=O)N[C@H](C(=O)N[C@@H](CCCN=C(N)N)C(=O)N[C@@H](CCCN=C(N)N)C(N)=O)C(C)C)[C@@H](C)O. The molecule has 0 aromatic heterocycles. The first-order chi connectivity index (χ1) is 40.0. The Labute approximate surface area is 496 Å². The molecule has 1 fully saturated rings. The normalized spacial score (nSPS) is 15.7. The van der Waals surface area contributed by atoms with Crippen molar-refractivity contribution in [2.24, 2.45) is 56.2 Å². The Morgan fingerprint density at radius 2 is 1.22 bits per heavy atom. The van der Waals surface area contributed by atoms with E-state index in [4.69, 9.17) is 34.4 Å². The second kappa shape index (κ2) is 34.8. The topological polar surface area (TPSA) is 492 Å². The Kier molecular flexibility index (Phi) is 29.2. The van der Waals surface area contributed by atoms with E-state index in [0.29, 0.717) is 30.0 Å². The number of carbonyl (C=O) groups excluding carboxylic acids is 9. The van der Waals surface area contributed by atoms with Crippen LogP contribution in [0.5, 0.6) is 0 Å². The third kappa shape index (κ3) is 23.2. The third-order valence-corrected chi connectivity index (χ3v) is 15.3. The molecule has 1 saturated heterocycles. The molecular weight excluding hydrogens is 1120 g/mol. The van der Waals surface area contributed by atoms with Gasteiger partial charge in [0.2, 0.25) is 63.2 Å². The largest absolute Gasteiger partial charge is 0.391 e. The zero-order valence-corrected chi connectivity index (χ0v) is 50.5. The molecule has 1 aliphatic heterocycles. The number of sulfonamides is 1. The van der Waals surface area contributed by atoms with Crippen LogP contribution in [0.2, 0.25) is 0 Å². The predicted octanol–water partition coefficient (Wildman–Crippen LogP) is -4.00. The molecule has 474 valence electrons. The first-order valence-electron chi connectivity index (χ1n) is 28.3. The minimum Gasteiger partial charge on any atom is -0.391 e. The van der Waals surface area contributed by atoms with Gasteiger partial charge in [0, 0.05) is 50.2 Å². The molecule has 0 unspecified atom stereocenters. The number of primary amides is 1. The molecule has 8 atom stereocenters. The quantitative estimate of drug-likeness (QED) is 0.0176. The van der Waals surface area contributed by atoms with Crippen molar-refractivity contribution in [3.05, 3.63) is 36.4 Å². The van der Waals surface area contributed by atoms with E-state index in [9.17, 15) is 56.7 Å². The summed E-state index contributed by atoms with van der Waals surface area (Å²) in [5.41, 5.74) is 33.6. The maximum atomic E-state index is 14.4. The van der Waals surface area contributed by atoms with Crippen molar-refractivity contribution in [1.29, 1.82) is 0 Å². The van der Waals surface area contributed by atoms with Crippen LogP contribution in [0.1, 0.15) is 98.8 Å². The highest BCUT2D eigenvalue weighted by molar-refractivity contribution is 7.89. The molecule has 1 heterocycles. The third-order valence-electron chi connectivity index (χ3n) is 13.7. The zero-order valence-electron chi connectivity index (χ0n) is 49.7. The summed E-state index contributed by atoms with van der Waals surface area (Å²) in [4.78, 5) is 132. The van der Waals surface area contributed by atoms with Gasteiger partial charge in [0.15, 0.2) is 11.9 Å². The summed E-state index contributed by atoms with van der Waals surface area (Å²) >= 11 is 0. The molecule has 0 bridgehead atoms. The fourth-order valence-corrected chi connectivity index (χ4v) is 10.8. The van der Waals surface area contributed by atoms with Crippen molar-refractivity contribution in [3.8, 4) is 0 Å². The van der Waals surface area contributed by atoms with Crippen molar-refractivity contribution in [2.75, 3.05) is 58.3 Å². The lowest BCUT2D eigenvalue weighted by molar-refractivity contribution is -0.141. The number of aliphatic hydroxyl groups is 1. The number of likely N-dealkylation sites (tertiary alicyclic amines) is 1. The summed E-state index contributed by atoms with van der Waals surface area (Å²) in [7, 11) is -0.627. The number of guanidine groups is 2. The summed E-state index contributed by atoms with van der Waals surface area (Å²) in [6.45, 7) is 7.29. The predicted molar refractivity (Wildman–Crippen MR) is 321 cm³/mol. The van der Waals surface area contributed by atoms with Gasteiger partial charge in [-0.25, -0.2) is 8.42 Å². The van der Waals surface area contributed by atoms with Crippen LogP contribution < -0.4 is 81.2 Å². The Balaban J connectivity index is 1.68. The number of amides is 9. The molecule has 0 saturated carbocycles. The van der Waals surface area contributed by atoms with Crippen molar-refractivity contribution >= 4 is 91.6 Å².